The van der Waals surface area contributed by atoms with E-state index in [-0.39, 0.29) is 5.91 Å². The van der Waals surface area contributed by atoms with Crippen LogP contribution in [0.2, 0.25) is 10.0 Å². The maximum absolute atomic E-state index is 12.4. The summed E-state index contributed by atoms with van der Waals surface area (Å²) in [6, 6.07) is 8.38. The molecule has 4 nitrogen and oxygen atoms in total. The zero-order chi connectivity index (χ0) is 16.8. The Kier molecular flexibility index (Phi) is 6.25. The number of pyridine rings is 1. The number of anilines is 2. The second kappa shape index (κ2) is 8.18. The Bertz CT molecular complexity index is 671. The average Bonchev–Trinajstić information content (AvgIpc) is 2.51. The third-order valence-electron chi connectivity index (χ3n) is 3.37. The maximum Gasteiger partial charge on any atom is 0.255 e. The van der Waals surface area contributed by atoms with Crippen molar-refractivity contribution in [3.63, 3.8) is 0 Å². The molecule has 1 amide bonds. The minimum Gasteiger partial charge on any atom is -0.360 e. The molecule has 23 heavy (non-hydrogen) atoms. The number of nitrogens with zero attached hydrogens (tertiary/aromatic N) is 2. The van der Waals surface area contributed by atoms with Crippen LogP contribution in [-0.2, 0) is 0 Å². The number of halogens is 2. The Morgan fingerprint density at radius 2 is 1.91 bits per heavy atom. The molecule has 0 atom stereocenters. The first kappa shape index (κ1) is 17.6. The van der Waals surface area contributed by atoms with Crippen molar-refractivity contribution in [3.05, 3.63) is 52.1 Å². The summed E-state index contributed by atoms with van der Waals surface area (Å²) in [6.07, 6.45) is 3.83. The second-order valence-electron chi connectivity index (χ2n) is 5.29. The van der Waals surface area contributed by atoms with Crippen LogP contribution in [0.25, 0.3) is 0 Å². The summed E-state index contributed by atoms with van der Waals surface area (Å²) < 4.78 is 0. The number of unbranched alkanes of at least 4 members (excludes halogenated alkanes) is 1. The zero-order valence-corrected chi connectivity index (χ0v) is 14.7. The van der Waals surface area contributed by atoms with Gasteiger partial charge in [-0.3, -0.25) is 4.79 Å². The molecule has 6 heteroatoms. The number of benzene rings is 1. The van der Waals surface area contributed by atoms with Gasteiger partial charge in [0.05, 0.1) is 0 Å². The van der Waals surface area contributed by atoms with Gasteiger partial charge in [0.25, 0.3) is 5.91 Å². The lowest BCUT2D eigenvalue weighted by Gasteiger charge is -2.18. The van der Waals surface area contributed by atoms with E-state index in [1.807, 2.05) is 11.9 Å². The average molecular weight is 352 g/mol. The van der Waals surface area contributed by atoms with Crippen molar-refractivity contribution in [1.29, 1.82) is 0 Å². The van der Waals surface area contributed by atoms with Gasteiger partial charge < -0.3 is 10.2 Å². The van der Waals surface area contributed by atoms with Gasteiger partial charge in [-0.15, -0.1) is 0 Å². The number of hydrogen-bond acceptors (Lipinski definition) is 3. The lowest BCUT2D eigenvalue weighted by Crippen LogP contribution is -2.20. The highest BCUT2D eigenvalue weighted by Gasteiger charge is 2.10. The fourth-order valence-corrected chi connectivity index (χ4v) is 2.63. The van der Waals surface area contributed by atoms with E-state index in [1.54, 1.807) is 36.5 Å². The van der Waals surface area contributed by atoms with Crippen molar-refractivity contribution < 1.29 is 4.79 Å². The molecule has 0 fully saturated rings. The van der Waals surface area contributed by atoms with Gasteiger partial charge in [-0.1, -0.05) is 36.5 Å². The highest BCUT2D eigenvalue weighted by molar-refractivity contribution is 6.35. The molecule has 2 aromatic rings. The molecular formula is C17H19Cl2N3O. The largest absolute Gasteiger partial charge is 0.360 e. The summed E-state index contributed by atoms with van der Waals surface area (Å²) in [7, 11) is 1.97. The summed E-state index contributed by atoms with van der Waals surface area (Å²) in [5.41, 5.74) is 1.10. The number of nitrogens with one attached hydrogen (secondary N) is 1. The third kappa shape index (κ3) is 5.12. The van der Waals surface area contributed by atoms with Gasteiger partial charge in [-0.25, -0.2) is 4.98 Å². The first-order valence-corrected chi connectivity index (χ1v) is 8.20. The molecule has 1 N–H and O–H groups in total. The van der Waals surface area contributed by atoms with Gasteiger partial charge in [-0.05, 0) is 36.8 Å². The Balaban J connectivity index is 2.13. The number of amides is 1. The Hall–Kier alpha value is -1.78. The van der Waals surface area contributed by atoms with Crippen LogP contribution in [0.15, 0.2) is 36.5 Å². The van der Waals surface area contributed by atoms with Crippen LogP contribution in [0.3, 0.4) is 0 Å². The van der Waals surface area contributed by atoms with Crippen LogP contribution in [-0.4, -0.2) is 24.5 Å². The van der Waals surface area contributed by atoms with Gasteiger partial charge in [0.1, 0.15) is 5.82 Å². The minimum absolute atomic E-state index is 0.226. The molecule has 122 valence electrons. The zero-order valence-electron chi connectivity index (χ0n) is 13.1. The summed E-state index contributed by atoms with van der Waals surface area (Å²) in [5.74, 6) is 0.547. The number of carbonyl (C=O) groups excluding carboxylic acids is 1. The highest BCUT2D eigenvalue weighted by atomic mass is 35.5. The van der Waals surface area contributed by atoms with Crippen molar-refractivity contribution >= 4 is 40.6 Å². The lowest BCUT2D eigenvalue weighted by atomic mass is 10.2. The summed E-state index contributed by atoms with van der Waals surface area (Å²) >= 11 is 11.9. The monoisotopic (exact) mass is 351 g/mol. The first-order chi connectivity index (χ1) is 11.0. The fraction of sp³-hybridized carbons (Fsp3) is 0.294. The number of carbonyl (C=O) groups is 1. The van der Waals surface area contributed by atoms with Crippen molar-refractivity contribution in [2.75, 3.05) is 23.8 Å². The quantitative estimate of drug-likeness (QED) is 0.806. The van der Waals surface area contributed by atoms with Crippen molar-refractivity contribution in [1.82, 2.24) is 4.98 Å². The van der Waals surface area contributed by atoms with E-state index in [0.29, 0.717) is 21.3 Å². The Labute approximate surface area is 146 Å². The first-order valence-electron chi connectivity index (χ1n) is 7.44. The molecule has 0 spiro atoms. The standard InChI is InChI=1S/C17H19Cl2N3O/c1-3-4-7-22(2)16-8-12(5-6-20-16)17(23)21-15-10-13(18)9-14(19)11-15/h5-6,8-11H,3-4,7H2,1-2H3,(H,21,23). The highest BCUT2D eigenvalue weighted by Crippen LogP contribution is 2.23. The topological polar surface area (TPSA) is 45.2 Å². The SMILES string of the molecule is CCCCN(C)c1cc(C(=O)Nc2cc(Cl)cc(Cl)c2)ccn1. The summed E-state index contributed by atoms with van der Waals surface area (Å²) in [4.78, 5) is 18.7. The van der Waals surface area contributed by atoms with Crippen LogP contribution in [0.5, 0.6) is 0 Å². The van der Waals surface area contributed by atoms with E-state index in [9.17, 15) is 4.79 Å². The summed E-state index contributed by atoms with van der Waals surface area (Å²) in [6.45, 7) is 3.04. The predicted octanol–water partition coefficient (Wildman–Crippen LogP) is 4.88. The van der Waals surface area contributed by atoms with Gasteiger partial charge in [0.2, 0.25) is 0 Å². The molecule has 1 heterocycles. The second-order valence-corrected chi connectivity index (χ2v) is 6.16. The molecule has 1 aromatic heterocycles. The molecule has 0 radical (unpaired) electrons. The molecule has 0 bridgehead atoms. The third-order valence-corrected chi connectivity index (χ3v) is 3.80. The predicted molar refractivity (Wildman–Crippen MR) is 96.8 cm³/mol. The van der Waals surface area contributed by atoms with Crippen LogP contribution in [0.1, 0.15) is 30.1 Å². The molecule has 2 rings (SSSR count). The Morgan fingerprint density at radius 3 is 2.57 bits per heavy atom. The molecule has 0 saturated heterocycles. The Morgan fingerprint density at radius 1 is 1.22 bits per heavy atom. The van der Waals surface area contributed by atoms with E-state index in [1.165, 1.54) is 0 Å². The van der Waals surface area contributed by atoms with Crippen LogP contribution >= 0.6 is 23.2 Å². The number of rotatable bonds is 6. The normalized spacial score (nSPS) is 10.4. The molecule has 0 aliphatic heterocycles. The van der Waals surface area contributed by atoms with Gasteiger partial charge >= 0.3 is 0 Å². The lowest BCUT2D eigenvalue weighted by molar-refractivity contribution is 0.102. The molecule has 1 aromatic carbocycles. The number of aromatic nitrogens is 1. The van der Waals surface area contributed by atoms with Gasteiger partial charge in [0.15, 0.2) is 0 Å². The maximum atomic E-state index is 12.4. The molecular weight excluding hydrogens is 333 g/mol. The summed E-state index contributed by atoms with van der Waals surface area (Å²) in [5, 5.41) is 3.74. The van der Waals surface area contributed by atoms with E-state index >= 15 is 0 Å². The molecule has 0 unspecified atom stereocenters. The number of hydrogen-bond donors (Lipinski definition) is 1. The minimum atomic E-state index is -0.226. The van der Waals surface area contributed by atoms with Crippen molar-refractivity contribution in [3.8, 4) is 0 Å². The van der Waals surface area contributed by atoms with Gasteiger partial charge in [0, 0.05) is 41.1 Å². The smallest absolute Gasteiger partial charge is 0.255 e. The molecule has 0 saturated carbocycles. The van der Waals surface area contributed by atoms with Gasteiger partial charge in [-0.2, -0.15) is 0 Å². The fourth-order valence-electron chi connectivity index (χ4n) is 2.11. The van der Waals surface area contributed by atoms with E-state index in [2.05, 4.69) is 17.2 Å². The van der Waals surface area contributed by atoms with E-state index < -0.39 is 0 Å². The van der Waals surface area contributed by atoms with Crippen LogP contribution in [0.4, 0.5) is 11.5 Å². The van der Waals surface area contributed by atoms with E-state index in [4.69, 9.17) is 23.2 Å². The molecule has 0 aliphatic rings. The van der Waals surface area contributed by atoms with Crippen LogP contribution < -0.4 is 10.2 Å². The van der Waals surface area contributed by atoms with Crippen molar-refractivity contribution in [2.24, 2.45) is 0 Å². The molecule has 0 aliphatic carbocycles. The van der Waals surface area contributed by atoms with Crippen LogP contribution in [0, 0.1) is 0 Å². The van der Waals surface area contributed by atoms with E-state index in [0.717, 1.165) is 25.2 Å². The van der Waals surface area contributed by atoms with Crippen molar-refractivity contribution in [2.45, 2.75) is 19.8 Å².